The molecule has 7 nitrogen and oxygen atoms in total. The Morgan fingerprint density at radius 1 is 1.03 bits per heavy atom. The van der Waals surface area contributed by atoms with E-state index in [1.165, 1.54) is 0 Å². The molecule has 0 bridgehead atoms. The highest BCUT2D eigenvalue weighted by molar-refractivity contribution is 6.31. The van der Waals surface area contributed by atoms with E-state index in [1.54, 1.807) is 7.11 Å². The Kier molecular flexibility index (Phi) is 6.62. The van der Waals surface area contributed by atoms with Crippen molar-refractivity contribution in [2.24, 2.45) is 0 Å². The van der Waals surface area contributed by atoms with Crippen LogP contribution in [-0.4, -0.2) is 69.8 Å². The molecule has 1 fully saturated rings. The van der Waals surface area contributed by atoms with Gasteiger partial charge in [-0.1, -0.05) is 48.9 Å². The van der Waals surface area contributed by atoms with E-state index in [4.69, 9.17) is 16.3 Å². The maximum Gasteiger partial charge on any atom is 0.173 e. The third-order valence-electron chi connectivity index (χ3n) is 5.71. The van der Waals surface area contributed by atoms with Gasteiger partial charge in [-0.15, -0.1) is 5.10 Å². The fourth-order valence-corrected chi connectivity index (χ4v) is 4.20. The molecule has 0 unspecified atom stereocenters. The van der Waals surface area contributed by atoms with Gasteiger partial charge in [-0.05, 0) is 46.3 Å². The number of tetrazole rings is 1. The molecule has 0 amide bonds. The van der Waals surface area contributed by atoms with Crippen molar-refractivity contribution in [2.75, 3.05) is 39.8 Å². The molecule has 0 N–H and O–H groups in total. The Labute approximate surface area is 182 Å². The number of ether oxygens (including phenoxy) is 1. The Balaban J connectivity index is 1.66. The monoisotopic (exact) mass is 426 g/mol. The number of piperazine rings is 1. The molecule has 1 aromatic heterocycles. The topological polar surface area (TPSA) is 59.3 Å². The van der Waals surface area contributed by atoms with Gasteiger partial charge in [0.25, 0.3) is 0 Å². The first kappa shape index (κ1) is 20.8. The zero-order chi connectivity index (χ0) is 20.9. The van der Waals surface area contributed by atoms with Gasteiger partial charge >= 0.3 is 0 Å². The molecule has 1 atom stereocenters. The van der Waals surface area contributed by atoms with Crippen molar-refractivity contribution < 1.29 is 4.74 Å². The largest absolute Gasteiger partial charge is 0.497 e. The molecule has 0 saturated carbocycles. The minimum absolute atomic E-state index is 0.0917. The first-order valence-corrected chi connectivity index (χ1v) is 10.7. The number of methoxy groups -OCH3 is 1. The van der Waals surface area contributed by atoms with Crippen LogP contribution in [0.2, 0.25) is 5.02 Å². The molecule has 30 heavy (non-hydrogen) atoms. The van der Waals surface area contributed by atoms with Crippen LogP contribution in [0.3, 0.4) is 0 Å². The van der Waals surface area contributed by atoms with Crippen molar-refractivity contribution in [1.29, 1.82) is 0 Å². The van der Waals surface area contributed by atoms with Crippen molar-refractivity contribution in [2.45, 2.75) is 19.5 Å². The summed E-state index contributed by atoms with van der Waals surface area (Å²) in [7, 11) is 1.67. The first-order chi connectivity index (χ1) is 14.7. The molecule has 0 radical (unpaired) electrons. The zero-order valence-electron chi connectivity index (χ0n) is 17.4. The smallest absolute Gasteiger partial charge is 0.173 e. The average Bonchev–Trinajstić information content (AvgIpc) is 3.24. The van der Waals surface area contributed by atoms with Crippen molar-refractivity contribution >= 4 is 11.6 Å². The van der Waals surface area contributed by atoms with Gasteiger partial charge in [0.15, 0.2) is 5.82 Å². The minimum atomic E-state index is -0.0917. The number of likely N-dealkylation sites (N-methyl/N-ethyl adjacent to an activating group) is 1. The number of aromatic nitrogens is 4. The molecule has 3 aromatic rings. The van der Waals surface area contributed by atoms with Crippen molar-refractivity contribution in [3.8, 4) is 5.75 Å². The number of nitrogens with zero attached hydrogens (tertiary/aromatic N) is 6. The quantitative estimate of drug-likeness (QED) is 0.578. The minimum Gasteiger partial charge on any atom is -0.497 e. The second-order valence-corrected chi connectivity index (χ2v) is 7.84. The highest BCUT2D eigenvalue weighted by Crippen LogP contribution is 2.33. The summed E-state index contributed by atoms with van der Waals surface area (Å²) in [4.78, 5) is 4.89. The lowest BCUT2D eigenvalue weighted by Crippen LogP contribution is -2.48. The van der Waals surface area contributed by atoms with E-state index in [-0.39, 0.29) is 6.04 Å². The average molecular weight is 427 g/mol. The summed E-state index contributed by atoms with van der Waals surface area (Å²) in [5.41, 5.74) is 2.15. The third-order valence-corrected chi connectivity index (χ3v) is 6.06. The Hall–Kier alpha value is -2.48. The summed E-state index contributed by atoms with van der Waals surface area (Å²) in [5.74, 6) is 1.64. The van der Waals surface area contributed by atoms with Crippen LogP contribution in [0, 0.1) is 0 Å². The standard InChI is InChI=1S/C22H27ClN6O/c1-3-27-12-14-28(15-13-27)21(19-6-4-5-7-20(19)23)22-24-25-26-29(22)16-17-8-10-18(30-2)11-9-17/h4-11,21H,3,12-16H2,1-2H3/t21-/m1/s1. The van der Waals surface area contributed by atoms with Crippen LogP contribution in [0.15, 0.2) is 48.5 Å². The second kappa shape index (κ2) is 9.55. The number of benzene rings is 2. The summed E-state index contributed by atoms with van der Waals surface area (Å²) in [6, 6.07) is 15.9. The molecule has 1 saturated heterocycles. The Bertz CT molecular complexity index is 952. The van der Waals surface area contributed by atoms with Crippen molar-refractivity contribution in [3.63, 3.8) is 0 Å². The van der Waals surface area contributed by atoms with Gasteiger partial charge in [-0.25, -0.2) is 4.68 Å². The number of hydrogen-bond acceptors (Lipinski definition) is 6. The third kappa shape index (κ3) is 4.48. The van der Waals surface area contributed by atoms with Gasteiger partial charge in [0.2, 0.25) is 0 Å². The van der Waals surface area contributed by atoms with E-state index in [0.29, 0.717) is 6.54 Å². The van der Waals surface area contributed by atoms with Gasteiger partial charge in [0, 0.05) is 31.2 Å². The lowest BCUT2D eigenvalue weighted by atomic mass is 10.0. The molecule has 0 spiro atoms. The van der Waals surface area contributed by atoms with Crippen LogP contribution in [0.5, 0.6) is 5.75 Å². The highest BCUT2D eigenvalue weighted by atomic mass is 35.5. The molecular weight excluding hydrogens is 400 g/mol. The van der Waals surface area contributed by atoms with Gasteiger partial charge in [-0.2, -0.15) is 0 Å². The number of rotatable bonds is 7. The summed E-state index contributed by atoms with van der Waals surface area (Å²) in [6.07, 6.45) is 0. The van der Waals surface area contributed by atoms with Crippen LogP contribution < -0.4 is 4.74 Å². The van der Waals surface area contributed by atoms with Crippen LogP contribution in [-0.2, 0) is 6.54 Å². The molecule has 8 heteroatoms. The molecule has 2 heterocycles. The van der Waals surface area contributed by atoms with Gasteiger partial charge in [0.05, 0.1) is 19.7 Å². The second-order valence-electron chi connectivity index (χ2n) is 7.44. The highest BCUT2D eigenvalue weighted by Gasteiger charge is 2.31. The maximum atomic E-state index is 6.63. The fraction of sp³-hybridized carbons (Fsp3) is 0.409. The van der Waals surface area contributed by atoms with E-state index >= 15 is 0 Å². The summed E-state index contributed by atoms with van der Waals surface area (Å²) in [6.45, 7) is 7.80. The predicted octanol–water partition coefficient (Wildman–Crippen LogP) is 3.11. The van der Waals surface area contributed by atoms with Crippen LogP contribution in [0.1, 0.15) is 29.9 Å². The summed E-state index contributed by atoms with van der Waals surface area (Å²) >= 11 is 6.63. The molecule has 2 aromatic carbocycles. The van der Waals surface area contributed by atoms with Crippen molar-refractivity contribution in [3.05, 3.63) is 70.5 Å². The number of halogens is 1. The molecule has 1 aliphatic heterocycles. The van der Waals surface area contributed by atoms with E-state index in [1.807, 2.05) is 47.1 Å². The number of hydrogen-bond donors (Lipinski definition) is 0. The molecule has 0 aliphatic carbocycles. The van der Waals surface area contributed by atoms with E-state index in [0.717, 1.165) is 60.4 Å². The van der Waals surface area contributed by atoms with Gasteiger partial charge in [0.1, 0.15) is 5.75 Å². The van der Waals surface area contributed by atoms with Gasteiger partial charge in [-0.3, -0.25) is 4.90 Å². The molecule has 158 valence electrons. The van der Waals surface area contributed by atoms with Crippen LogP contribution in [0.25, 0.3) is 0 Å². The lowest BCUT2D eigenvalue weighted by Gasteiger charge is -2.38. The Morgan fingerprint density at radius 3 is 2.43 bits per heavy atom. The van der Waals surface area contributed by atoms with Crippen LogP contribution >= 0.6 is 11.6 Å². The van der Waals surface area contributed by atoms with Gasteiger partial charge < -0.3 is 9.64 Å². The van der Waals surface area contributed by atoms with Crippen molar-refractivity contribution in [1.82, 2.24) is 30.0 Å². The molecular formula is C22H27ClN6O. The first-order valence-electron chi connectivity index (χ1n) is 10.3. The molecule has 4 rings (SSSR count). The Morgan fingerprint density at radius 2 is 1.77 bits per heavy atom. The van der Waals surface area contributed by atoms with Crippen LogP contribution in [0.4, 0.5) is 0 Å². The van der Waals surface area contributed by atoms with E-state index in [2.05, 4.69) is 38.3 Å². The fourth-order valence-electron chi connectivity index (χ4n) is 3.96. The predicted molar refractivity (Wildman–Crippen MR) is 117 cm³/mol. The van der Waals surface area contributed by atoms with E-state index in [9.17, 15) is 0 Å². The summed E-state index contributed by atoms with van der Waals surface area (Å²) < 4.78 is 7.14. The molecule has 1 aliphatic rings. The lowest BCUT2D eigenvalue weighted by molar-refractivity contribution is 0.108. The summed E-state index contributed by atoms with van der Waals surface area (Å²) in [5, 5.41) is 13.5. The normalized spacial score (nSPS) is 16.5. The van der Waals surface area contributed by atoms with E-state index < -0.39 is 0 Å². The SMILES string of the molecule is CCN1CCN([C@H](c2ccccc2Cl)c2nnnn2Cc2ccc(OC)cc2)CC1. The zero-order valence-corrected chi connectivity index (χ0v) is 18.2. The maximum absolute atomic E-state index is 6.63.